The van der Waals surface area contributed by atoms with Crippen LogP contribution in [0.3, 0.4) is 0 Å². The molecule has 0 aromatic rings. The third kappa shape index (κ3) is 40.1. The molecule has 0 aliphatic heterocycles. The Kier molecular flexibility index (Phi) is 38.2. The van der Waals surface area contributed by atoms with Gasteiger partial charge in [0.1, 0.15) is 0 Å². The lowest BCUT2D eigenvalue weighted by atomic mass is 10.2. The predicted octanol–water partition coefficient (Wildman–Crippen LogP) is 12.8. The van der Waals surface area contributed by atoms with Crippen molar-refractivity contribution in [2.24, 2.45) is 0 Å². The molecule has 0 rings (SSSR count). The molecule has 0 aliphatic rings. The van der Waals surface area contributed by atoms with Gasteiger partial charge in [-0.3, -0.25) is 0 Å². The van der Waals surface area contributed by atoms with Crippen LogP contribution in [0.4, 0.5) is 0 Å². The fraction of sp³-hybridized carbons (Fsp3) is 0.600. The van der Waals surface area contributed by atoms with E-state index in [0.717, 1.165) is 77.4 Å². The van der Waals surface area contributed by atoms with Gasteiger partial charge in [-0.1, -0.05) is 137 Å². The topological polar surface area (TPSA) is 18.5 Å². The minimum absolute atomic E-state index is 0.181. The van der Waals surface area contributed by atoms with E-state index in [0.29, 0.717) is 0 Å². The van der Waals surface area contributed by atoms with Gasteiger partial charge in [-0.15, -0.1) is 0 Å². The van der Waals surface area contributed by atoms with E-state index < -0.39 is 0 Å². The summed E-state index contributed by atoms with van der Waals surface area (Å²) in [6.07, 6.45) is 59.8. The first-order valence-electron chi connectivity index (χ1n) is 17.6. The fourth-order valence-electron chi connectivity index (χ4n) is 4.12. The highest BCUT2D eigenvalue weighted by molar-refractivity contribution is 6.17. The van der Waals surface area contributed by atoms with E-state index in [4.69, 9.17) is 8.85 Å². The molecule has 0 atom stereocenters. The van der Waals surface area contributed by atoms with Crippen LogP contribution >= 0.6 is 0 Å². The highest BCUT2D eigenvalue weighted by Gasteiger charge is 1.94. The van der Waals surface area contributed by atoms with Crippen molar-refractivity contribution in [1.82, 2.24) is 0 Å². The zero-order valence-corrected chi connectivity index (χ0v) is 29.1. The average Bonchev–Trinajstić information content (AvgIpc) is 3.02. The maximum absolute atomic E-state index is 5.63. The van der Waals surface area contributed by atoms with Crippen molar-refractivity contribution in [1.29, 1.82) is 0 Å². The van der Waals surface area contributed by atoms with Gasteiger partial charge in [0.05, 0.1) is 0 Å². The number of hydrogen-bond donors (Lipinski definition) is 0. The molecule has 0 saturated carbocycles. The third-order valence-electron chi connectivity index (χ3n) is 6.77. The summed E-state index contributed by atoms with van der Waals surface area (Å²) in [5, 5.41) is 0. The van der Waals surface area contributed by atoms with Crippen LogP contribution in [0.1, 0.15) is 142 Å². The molecule has 0 unspecified atom stereocenters. The molecule has 0 aromatic carbocycles. The number of rotatable bonds is 32. The monoisotopic (exact) mass is 606 g/mol. The summed E-state index contributed by atoms with van der Waals surface area (Å²) >= 11 is 0. The summed E-state index contributed by atoms with van der Waals surface area (Å²) in [7, 11) is 0.181. The zero-order chi connectivity index (χ0) is 31.0. The largest absolute Gasteiger partial charge is 0.433 e. The number of allylic oxidation sites excluding steroid dienone is 16. The van der Waals surface area contributed by atoms with Crippen molar-refractivity contribution in [3.8, 4) is 0 Å². The molecule has 0 spiro atoms. The van der Waals surface area contributed by atoms with E-state index in [-0.39, 0.29) is 10.0 Å². The van der Waals surface area contributed by atoms with Gasteiger partial charge >= 0.3 is 10.0 Å². The molecule has 0 bridgehead atoms. The lowest BCUT2D eigenvalue weighted by Crippen LogP contribution is -2.06. The summed E-state index contributed by atoms with van der Waals surface area (Å²) in [4.78, 5) is 0. The standard InChI is InChI=1S/C40H66O2Si/c1-3-5-7-9-11-13-15-17-19-21-23-25-27-29-31-33-35-37-39-41-43-42-40-38-36-34-32-30-28-26-24-22-20-18-16-14-12-10-8-6-4-2/h11-14,17-20,23-26,29-32H,3-10,15-16,21-22,27-28,33-40H2,1-2H3/b13-11-,14-12-,19-17-,20-18-,25-23-,26-24-,31-29-,32-30-. The van der Waals surface area contributed by atoms with Gasteiger partial charge < -0.3 is 8.85 Å². The first kappa shape index (κ1) is 41.1. The van der Waals surface area contributed by atoms with Crippen LogP contribution in [-0.4, -0.2) is 23.2 Å². The van der Waals surface area contributed by atoms with Crippen LogP contribution in [-0.2, 0) is 8.85 Å². The zero-order valence-electron chi connectivity index (χ0n) is 28.1. The molecule has 0 heterocycles. The predicted molar refractivity (Wildman–Crippen MR) is 194 cm³/mol. The lowest BCUT2D eigenvalue weighted by molar-refractivity contribution is 0.215. The van der Waals surface area contributed by atoms with E-state index in [1.807, 2.05) is 0 Å². The van der Waals surface area contributed by atoms with Gasteiger partial charge in [0.2, 0.25) is 0 Å². The minimum Gasteiger partial charge on any atom is -0.393 e. The molecule has 43 heavy (non-hydrogen) atoms. The minimum atomic E-state index is 0.181. The number of unbranched alkanes of at least 4 members (excludes halogenated alkanes) is 10. The van der Waals surface area contributed by atoms with E-state index in [2.05, 4.69) is 111 Å². The van der Waals surface area contributed by atoms with Crippen LogP contribution in [0.2, 0.25) is 0 Å². The van der Waals surface area contributed by atoms with Crippen molar-refractivity contribution >= 4 is 10.0 Å². The van der Waals surface area contributed by atoms with Crippen molar-refractivity contribution in [3.63, 3.8) is 0 Å². The Morgan fingerprint density at radius 2 is 0.581 bits per heavy atom. The number of hydrogen-bond acceptors (Lipinski definition) is 2. The molecule has 0 aliphatic carbocycles. The molecule has 0 amide bonds. The Labute approximate surface area is 271 Å². The van der Waals surface area contributed by atoms with Gasteiger partial charge in [0, 0.05) is 13.2 Å². The van der Waals surface area contributed by atoms with E-state index >= 15 is 0 Å². The molecular formula is C40H66O2Si. The highest BCUT2D eigenvalue weighted by Crippen LogP contribution is 2.03. The first-order chi connectivity index (χ1) is 21.4. The summed E-state index contributed by atoms with van der Waals surface area (Å²) in [6.45, 7) is 6.11. The van der Waals surface area contributed by atoms with E-state index in [1.54, 1.807) is 0 Å². The van der Waals surface area contributed by atoms with Gasteiger partial charge in [0.15, 0.2) is 0 Å². The van der Waals surface area contributed by atoms with Crippen LogP contribution in [0.5, 0.6) is 0 Å². The van der Waals surface area contributed by atoms with Crippen LogP contribution in [0, 0.1) is 0 Å². The molecule has 0 fully saturated rings. The Morgan fingerprint density at radius 1 is 0.326 bits per heavy atom. The van der Waals surface area contributed by atoms with Crippen molar-refractivity contribution in [2.45, 2.75) is 142 Å². The summed E-state index contributed by atoms with van der Waals surface area (Å²) < 4.78 is 11.3. The maximum atomic E-state index is 5.63. The van der Waals surface area contributed by atoms with Gasteiger partial charge in [-0.2, -0.15) is 0 Å². The molecule has 2 radical (unpaired) electrons. The smallest absolute Gasteiger partial charge is 0.393 e. The van der Waals surface area contributed by atoms with E-state index in [9.17, 15) is 0 Å². The summed E-state index contributed by atoms with van der Waals surface area (Å²) in [6, 6.07) is 0. The second-order valence-electron chi connectivity index (χ2n) is 10.9. The molecule has 3 heteroatoms. The van der Waals surface area contributed by atoms with Crippen LogP contribution in [0.25, 0.3) is 0 Å². The van der Waals surface area contributed by atoms with E-state index in [1.165, 1.54) is 64.2 Å². The van der Waals surface area contributed by atoms with Crippen LogP contribution in [0.15, 0.2) is 97.2 Å². The van der Waals surface area contributed by atoms with Crippen molar-refractivity contribution in [2.75, 3.05) is 13.2 Å². The van der Waals surface area contributed by atoms with Gasteiger partial charge in [-0.25, -0.2) is 0 Å². The molecule has 242 valence electrons. The second-order valence-corrected chi connectivity index (χ2v) is 11.7. The molecule has 2 nitrogen and oxygen atoms in total. The van der Waals surface area contributed by atoms with Gasteiger partial charge in [-0.05, 0) is 103 Å². The first-order valence-corrected chi connectivity index (χ1v) is 18.4. The summed E-state index contributed by atoms with van der Waals surface area (Å²) in [5.41, 5.74) is 0. The molecule has 0 aromatic heterocycles. The Morgan fingerprint density at radius 3 is 0.860 bits per heavy atom. The molecule has 0 N–H and O–H groups in total. The Balaban J connectivity index is 3.35. The Bertz CT molecular complexity index is 705. The SMILES string of the molecule is CCCCC/C=C\C/C=C\C/C=C\C/C=C\CCCCO[Si]OCCCC/C=C\C/C=C\C/C=C\C/C=C\CCCCC. The Hall–Kier alpha value is -1.94. The highest BCUT2D eigenvalue weighted by atomic mass is 28.3. The van der Waals surface area contributed by atoms with Crippen molar-refractivity contribution in [3.05, 3.63) is 97.2 Å². The van der Waals surface area contributed by atoms with Crippen molar-refractivity contribution < 1.29 is 8.85 Å². The lowest BCUT2D eigenvalue weighted by Gasteiger charge is -2.03. The summed E-state index contributed by atoms with van der Waals surface area (Å²) in [5.74, 6) is 0. The second kappa shape index (κ2) is 40.1. The third-order valence-corrected chi connectivity index (χ3v) is 7.41. The molecule has 0 saturated heterocycles. The normalized spacial score (nSPS) is 13.1. The van der Waals surface area contributed by atoms with Crippen LogP contribution < -0.4 is 0 Å². The van der Waals surface area contributed by atoms with Gasteiger partial charge in [0.25, 0.3) is 0 Å². The average molecular weight is 607 g/mol. The fourth-order valence-corrected chi connectivity index (χ4v) is 4.66. The quantitative estimate of drug-likeness (QED) is 0.0431. The molecular weight excluding hydrogens is 541 g/mol. The maximum Gasteiger partial charge on any atom is 0.433 e.